The number of carboxylic acid groups (broad SMARTS) is 1. The largest absolute Gasteiger partial charge is 0.481 e. The molecule has 0 aromatic rings. The third-order valence-electron chi connectivity index (χ3n) is 4.02. The summed E-state index contributed by atoms with van der Waals surface area (Å²) in [4.78, 5) is 25.2. The van der Waals surface area contributed by atoms with Gasteiger partial charge in [-0.3, -0.25) is 4.79 Å². The zero-order valence-electron chi connectivity index (χ0n) is 13.4. The van der Waals surface area contributed by atoms with Gasteiger partial charge < -0.3 is 20.1 Å². The first-order valence-electron chi connectivity index (χ1n) is 7.79. The number of piperidine rings is 1. The number of hydrogen-bond acceptors (Lipinski definition) is 3. The van der Waals surface area contributed by atoms with Crippen LogP contribution >= 0.6 is 0 Å². The van der Waals surface area contributed by atoms with Crippen LogP contribution < -0.4 is 5.32 Å². The Hall–Kier alpha value is -1.30. The van der Waals surface area contributed by atoms with Gasteiger partial charge in [0.2, 0.25) is 0 Å². The van der Waals surface area contributed by atoms with Crippen molar-refractivity contribution in [2.75, 3.05) is 26.2 Å². The SMILES string of the molecule is CCCC1(C(=O)O)CCN(C(=O)NCCOC(C)C)CC1. The van der Waals surface area contributed by atoms with Crippen molar-refractivity contribution in [3.63, 3.8) is 0 Å². The maximum Gasteiger partial charge on any atom is 0.317 e. The molecular weight excluding hydrogens is 272 g/mol. The van der Waals surface area contributed by atoms with Crippen LogP contribution in [-0.4, -0.2) is 54.4 Å². The van der Waals surface area contributed by atoms with Crippen LogP contribution in [0.15, 0.2) is 0 Å². The predicted molar refractivity (Wildman–Crippen MR) is 80.3 cm³/mol. The summed E-state index contributed by atoms with van der Waals surface area (Å²) in [7, 11) is 0. The molecular formula is C15H28N2O4. The molecule has 1 aliphatic heterocycles. The Labute approximate surface area is 126 Å². The summed E-state index contributed by atoms with van der Waals surface area (Å²) in [5, 5.41) is 12.2. The number of nitrogens with zero attached hydrogens (tertiary/aromatic N) is 1. The summed E-state index contributed by atoms with van der Waals surface area (Å²) >= 11 is 0. The number of carbonyl (C=O) groups excluding carboxylic acids is 1. The number of aliphatic carboxylic acids is 1. The van der Waals surface area contributed by atoms with Crippen molar-refractivity contribution in [3.05, 3.63) is 0 Å². The lowest BCUT2D eigenvalue weighted by Crippen LogP contribution is -2.50. The van der Waals surface area contributed by atoms with Gasteiger partial charge in [-0.25, -0.2) is 4.79 Å². The van der Waals surface area contributed by atoms with Gasteiger partial charge in [-0.2, -0.15) is 0 Å². The van der Waals surface area contributed by atoms with Crippen molar-refractivity contribution in [2.45, 2.75) is 52.6 Å². The van der Waals surface area contributed by atoms with Gasteiger partial charge in [0.1, 0.15) is 0 Å². The van der Waals surface area contributed by atoms with Gasteiger partial charge in [0, 0.05) is 19.6 Å². The third kappa shape index (κ3) is 5.19. The third-order valence-corrected chi connectivity index (χ3v) is 4.02. The number of rotatable bonds is 7. The number of carbonyl (C=O) groups is 2. The smallest absolute Gasteiger partial charge is 0.317 e. The molecule has 2 N–H and O–H groups in total. The monoisotopic (exact) mass is 300 g/mol. The number of carboxylic acids is 1. The fraction of sp³-hybridized carbons (Fsp3) is 0.867. The van der Waals surface area contributed by atoms with Crippen molar-refractivity contribution in [1.29, 1.82) is 0 Å². The van der Waals surface area contributed by atoms with Crippen molar-refractivity contribution in [2.24, 2.45) is 5.41 Å². The van der Waals surface area contributed by atoms with Crippen molar-refractivity contribution in [3.8, 4) is 0 Å². The molecule has 0 unspecified atom stereocenters. The molecule has 1 saturated heterocycles. The highest BCUT2D eigenvalue weighted by Gasteiger charge is 2.41. The molecule has 0 bridgehead atoms. The van der Waals surface area contributed by atoms with Gasteiger partial charge in [-0.1, -0.05) is 13.3 Å². The fourth-order valence-corrected chi connectivity index (χ4v) is 2.75. The van der Waals surface area contributed by atoms with Gasteiger partial charge in [-0.15, -0.1) is 0 Å². The van der Waals surface area contributed by atoms with E-state index in [1.54, 1.807) is 4.90 Å². The van der Waals surface area contributed by atoms with E-state index in [-0.39, 0.29) is 12.1 Å². The van der Waals surface area contributed by atoms with E-state index in [2.05, 4.69) is 5.32 Å². The first kappa shape index (κ1) is 17.8. The summed E-state index contributed by atoms with van der Waals surface area (Å²) in [6.45, 7) is 7.88. The molecule has 0 aromatic carbocycles. The van der Waals surface area contributed by atoms with Crippen molar-refractivity contribution >= 4 is 12.0 Å². The second-order valence-electron chi connectivity index (χ2n) is 5.97. The Morgan fingerprint density at radius 1 is 1.33 bits per heavy atom. The van der Waals surface area contributed by atoms with Gasteiger partial charge >= 0.3 is 12.0 Å². The van der Waals surface area contributed by atoms with E-state index in [1.807, 2.05) is 20.8 Å². The van der Waals surface area contributed by atoms with E-state index in [0.717, 1.165) is 6.42 Å². The number of hydrogen-bond donors (Lipinski definition) is 2. The molecule has 0 aromatic heterocycles. The van der Waals surface area contributed by atoms with E-state index < -0.39 is 11.4 Å². The molecule has 1 fully saturated rings. The van der Waals surface area contributed by atoms with Crippen LogP contribution in [0, 0.1) is 5.41 Å². The minimum Gasteiger partial charge on any atom is -0.481 e. The second kappa shape index (κ2) is 8.22. The van der Waals surface area contributed by atoms with Crippen LogP contribution in [0.4, 0.5) is 4.79 Å². The van der Waals surface area contributed by atoms with Gasteiger partial charge in [0.15, 0.2) is 0 Å². The summed E-state index contributed by atoms with van der Waals surface area (Å²) < 4.78 is 5.37. The predicted octanol–water partition coefficient (Wildman–Crippen LogP) is 2.09. The lowest BCUT2D eigenvalue weighted by molar-refractivity contribution is -0.152. The van der Waals surface area contributed by atoms with Crippen LogP contribution in [-0.2, 0) is 9.53 Å². The molecule has 0 radical (unpaired) electrons. The molecule has 6 heteroatoms. The zero-order valence-corrected chi connectivity index (χ0v) is 13.4. The summed E-state index contributed by atoms with van der Waals surface area (Å²) in [5.74, 6) is -0.727. The van der Waals surface area contributed by atoms with E-state index in [0.29, 0.717) is 45.5 Å². The Morgan fingerprint density at radius 3 is 2.43 bits per heavy atom. The lowest BCUT2D eigenvalue weighted by Gasteiger charge is -2.38. The van der Waals surface area contributed by atoms with Gasteiger partial charge in [0.25, 0.3) is 0 Å². The zero-order chi connectivity index (χ0) is 15.9. The molecule has 122 valence electrons. The molecule has 1 heterocycles. The quantitative estimate of drug-likeness (QED) is 0.706. The highest BCUT2D eigenvalue weighted by atomic mass is 16.5. The summed E-state index contributed by atoms with van der Waals surface area (Å²) in [6, 6.07) is -0.127. The second-order valence-corrected chi connectivity index (χ2v) is 5.97. The molecule has 21 heavy (non-hydrogen) atoms. The number of likely N-dealkylation sites (tertiary alicyclic amines) is 1. The molecule has 0 aliphatic carbocycles. The first-order valence-corrected chi connectivity index (χ1v) is 7.79. The van der Waals surface area contributed by atoms with Crippen molar-refractivity contribution in [1.82, 2.24) is 10.2 Å². The van der Waals surface area contributed by atoms with Crippen LogP contribution in [0.1, 0.15) is 46.5 Å². The van der Waals surface area contributed by atoms with E-state index >= 15 is 0 Å². The molecule has 2 amide bonds. The lowest BCUT2D eigenvalue weighted by atomic mass is 9.75. The number of nitrogens with one attached hydrogen (secondary N) is 1. The van der Waals surface area contributed by atoms with Crippen LogP contribution in [0.2, 0.25) is 0 Å². The Kier molecular flexibility index (Phi) is 6.95. The normalized spacial score (nSPS) is 17.8. The van der Waals surface area contributed by atoms with E-state index in [4.69, 9.17) is 4.74 Å². The standard InChI is InChI=1S/C15H28N2O4/c1-4-5-15(13(18)19)6-9-17(10-7-15)14(20)16-8-11-21-12(2)3/h12H,4-11H2,1-3H3,(H,16,20)(H,18,19). The van der Waals surface area contributed by atoms with Crippen LogP contribution in [0.25, 0.3) is 0 Å². The molecule has 1 rings (SSSR count). The average Bonchev–Trinajstić information content (AvgIpc) is 2.44. The number of urea groups is 1. The fourth-order valence-electron chi connectivity index (χ4n) is 2.75. The number of amides is 2. The molecule has 6 nitrogen and oxygen atoms in total. The Morgan fingerprint density at radius 2 is 1.95 bits per heavy atom. The topological polar surface area (TPSA) is 78.9 Å². The summed E-state index contributed by atoms with van der Waals surface area (Å²) in [5.41, 5.74) is -0.647. The number of ether oxygens (including phenoxy) is 1. The first-order chi connectivity index (χ1) is 9.91. The minimum absolute atomic E-state index is 0.127. The van der Waals surface area contributed by atoms with Crippen molar-refractivity contribution < 1.29 is 19.4 Å². The minimum atomic E-state index is -0.727. The molecule has 1 aliphatic rings. The molecule has 0 saturated carbocycles. The maximum absolute atomic E-state index is 12.0. The highest BCUT2D eigenvalue weighted by molar-refractivity contribution is 5.77. The Bertz CT molecular complexity index is 350. The van der Waals surface area contributed by atoms with Gasteiger partial charge in [0.05, 0.1) is 18.1 Å². The van der Waals surface area contributed by atoms with Crippen LogP contribution in [0.5, 0.6) is 0 Å². The average molecular weight is 300 g/mol. The molecule has 0 atom stereocenters. The molecule has 0 spiro atoms. The summed E-state index contributed by atoms with van der Waals surface area (Å²) in [6.07, 6.45) is 2.76. The Balaban J connectivity index is 2.37. The van der Waals surface area contributed by atoms with Crippen LogP contribution in [0.3, 0.4) is 0 Å². The van der Waals surface area contributed by atoms with E-state index in [1.165, 1.54) is 0 Å². The van der Waals surface area contributed by atoms with Gasteiger partial charge in [-0.05, 0) is 33.1 Å². The maximum atomic E-state index is 12.0. The van der Waals surface area contributed by atoms with E-state index in [9.17, 15) is 14.7 Å². The highest BCUT2D eigenvalue weighted by Crippen LogP contribution is 2.36.